The Morgan fingerprint density at radius 2 is 1.95 bits per heavy atom. The van der Waals surface area contributed by atoms with Gasteiger partial charge in [0.25, 0.3) is 0 Å². The van der Waals surface area contributed by atoms with Gasteiger partial charge in [0, 0.05) is 12.3 Å². The molecule has 7 nitrogen and oxygen atoms in total. The number of benzene rings is 1. The molecule has 0 amide bonds. The molecule has 1 aromatic heterocycles. The Morgan fingerprint density at radius 1 is 1.24 bits per heavy atom. The molecule has 0 atom stereocenters. The molecule has 2 rings (SSSR count). The third-order valence-electron chi connectivity index (χ3n) is 2.55. The number of hydrogen-bond donors (Lipinski definition) is 1. The summed E-state index contributed by atoms with van der Waals surface area (Å²) in [5, 5.41) is 3.50. The van der Waals surface area contributed by atoms with Crippen LogP contribution in [-0.2, 0) is 26.4 Å². The Hall–Kier alpha value is -1.78. The Bertz CT molecular complexity index is 845. The molecule has 0 bridgehead atoms. The smallest absolute Gasteiger partial charge is 0.243 e. The van der Waals surface area contributed by atoms with Gasteiger partial charge in [-0.25, -0.2) is 25.9 Å². The molecule has 2 aromatic rings. The zero-order chi connectivity index (χ0) is 15.7. The van der Waals surface area contributed by atoms with E-state index in [9.17, 15) is 21.2 Å². The minimum Gasteiger partial charge on any atom is -0.364 e. The summed E-state index contributed by atoms with van der Waals surface area (Å²) in [4.78, 5) is -1.03. The Balaban J connectivity index is 2.35. The molecule has 114 valence electrons. The minimum atomic E-state index is -4.22. The van der Waals surface area contributed by atoms with Crippen molar-refractivity contribution >= 4 is 19.9 Å². The number of nitrogens with zero attached hydrogens (tertiary/aromatic N) is 1. The predicted octanol–water partition coefficient (Wildman–Crippen LogP) is 0.696. The van der Waals surface area contributed by atoms with Gasteiger partial charge in [0.15, 0.2) is 9.84 Å². The molecule has 0 saturated heterocycles. The summed E-state index contributed by atoms with van der Waals surface area (Å²) in [6.45, 7) is -0.207. The van der Waals surface area contributed by atoms with E-state index in [4.69, 9.17) is 0 Å². The first-order valence-corrected chi connectivity index (χ1v) is 8.96. The van der Waals surface area contributed by atoms with Gasteiger partial charge in [0.2, 0.25) is 10.0 Å². The molecule has 0 spiro atoms. The molecule has 0 aliphatic carbocycles. The highest BCUT2D eigenvalue weighted by Crippen LogP contribution is 2.19. The fourth-order valence-electron chi connectivity index (χ4n) is 1.50. The van der Waals surface area contributed by atoms with Crippen LogP contribution >= 0.6 is 0 Å². The Labute approximate surface area is 120 Å². The normalized spacial score (nSPS) is 12.5. The lowest BCUT2D eigenvalue weighted by Crippen LogP contribution is -2.24. The van der Waals surface area contributed by atoms with Crippen molar-refractivity contribution in [2.24, 2.45) is 0 Å². The van der Waals surface area contributed by atoms with E-state index < -0.39 is 30.6 Å². The molecule has 0 aliphatic heterocycles. The molecule has 1 aromatic carbocycles. The maximum absolute atomic E-state index is 13.7. The second kappa shape index (κ2) is 5.54. The van der Waals surface area contributed by atoms with Crippen molar-refractivity contribution in [2.45, 2.75) is 16.3 Å². The number of rotatable bonds is 5. The van der Waals surface area contributed by atoms with Crippen LogP contribution in [0.1, 0.15) is 5.69 Å². The Morgan fingerprint density at radius 3 is 2.52 bits per heavy atom. The van der Waals surface area contributed by atoms with Gasteiger partial charge >= 0.3 is 0 Å². The van der Waals surface area contributed by atoms with Crippen LogP contribution in [0.3, 0.4) is 0 Å². The highest BCUT2D eigenvalue weighted by Gasteiger charge is 2.22. The topological polar surface area (TPSA) is 106 Å². The molecule has 0 unspecified atom stereocenters. The maximum atomic E-state index is 13.7. The number of sulfonamides is 1. The number of sulfone groups is 1. The Kier molecular flexibility index (Phi) is 4.12. The van der Waals surface area contributed by atoms with Crippen LogP contribution < -0.4 is 4.72 Å². The highest BCUT2D eigenvalue weighted by atomic mass is 32.2. The summed E-state index contributed by atoms with van der Waals surface area (Å²) in [6.07, 6.45) is 2.16. The first-order chi connectivity index (χ1) is 9.70. The lowest BCUT2D eigenvalue weighted by Gasteiger charge is -2.08. The molecule has 0 radical (unpaired) electrons. The van der Waals surface area contributed by atoms with Crippen LogP contribution in [0.15, 0.2) is 44.8 Å². The molecule has 10 heteroatoms. The molecule has 0 fully saturated rings. The second-order valence-electron chi connectivity index (χ2n) is 4.18. The van der Waals surface area contributed by atoms with Crippen LogP contribution in [0.5, 0.6) is 0 Å². The van der Waals surface area contributed by atoms with Crippen LogP contribution in [0.2, 0.25) is 0 Å². The van der Waals surface area contributed by atoms with Crippen molar-refractivity contribution in [3.63, 3.8) is 0 Å². The third-order valence-corrected chi connectivity index (χ3v) is 5.08. The van der Waals surface area contributed by atoms with E-state index in [1.807, 2.05) is 0 Å². The average molecular weight is 334 g/mol. The van der Waals surface area contributed by atoms with Gasteiger partial charge in [0.1, 0.15) is 17.0 Å². The van der Waals surface area contributed by atoms with Gasteiger partial charge in [0.05, 0.1) is 17.1 Å². The van der Waals surface area contributed by atoms with Crippen molar-refractivity contribution in [1.82, 2.24) is 9.88 Å². The first kappa shape index (κ1) is 15.6. The number of nitrogens with one attached hydrogen (secondary N) is 1. The molecule has 0 saturated carbocycles. The lowest BCUT2D eigenvalue weighted by atomic mass is 10.3. The monoisotopic (exact) mass is 334 g/mol. The number of halogens is 1. The van der Waals surface area contributed by atoms with Gasteiger partial charge in [-0.3, -0.25) is 0 Å². The van der Waals surface area contributed by atoms with Gasteiger partial charge in [-0.2, -0.15) is 0 Å². The quantitative estimate of drug-likeness (QED) is 0.807. The van der Waals surface area contributed by atoms with E-state index in [2.05, 4.69) is 14.4 Å². The van der Waals surface area contributed by atoms with Gasteiger partial charge < -0.3 is 4.52 Å². The zero-order valence-corrected chi connectivity index (χ0v) is 12.4. The minimum absolute atomic E-state index is 0.207. The van der Waals surface area contributed by atoms with Crippen molar-refractivity contribution in [2.75, 3.05) is 6.26 Å². The maximum Gasteiger partial charge on any atom is 0.243 e. The van der Waals surface area contributed by atoms with Crippen LogP contribution in [-0.4, -0.2) is 28.2 Å². The van der Waals surface area contributed by atoms with Crippen LogP contribution in [0, 0.1) is 5.82 Å². The van der Waals surface area contributed by atoms with Gasteiger partial charge in [-0.15, -0.1) is 0 Å². The molecule has 21 heavy (non-hydrogen) atoms. The standard InChI is InChI=1S/C11H11FN2O5S2/c1-20(15,16)9-2-3-10(12)11(6-9)21(17,18)13-7-8-4-5-19-14-8/h2-6,13H,7H2,1H3. The van der Waals surface area contributed by atoms with Crippen molar-refractivity contribution in [3.8, 4) is 0 Å². The largest absolute Gasteiger partial charge is 0.364 e. The summed E-state index contributed by atoms with van der Waals surface area (Å²) in [5.41, 5.74) is 0.304. The van der Waals surface area contributed by atoms with Gasteiger partial charge in [-0.1, -0.05) is 5.16 Å². The van der Waals surface area contributed by atoms with E-state index in [1.54, 1.807) is 0 Å². The molecule has 1 heterocycles. The third kappa shape index (κ3) is 3.65. The molecular formula is C11H11FN2O5S2. The number of aromatic nitrogens is 1. The second-order valence-corrected chi connectivity index (χ2v) is 7.93. The summed E-state index contributed by atoms with van der Waals surface area (Å²) in [6, 6.07) is 4.00. The zero-order valence-electron chi connectivity index (χ0n) is 10.8. The lowest BCUT2D eigenvalue weighted by molar-refractivity contribution is 0.411. The predicted molar refractivity (Wildman–Crippen MR) is 70.0 cm³/mol. The van der Waals surface area contributed by atoms with Crippen LogP contribution in [0.4, 0.5) is 4.39 Å². The van der Waals surface area contributed by atoms with E-state index in [-0.39, 0.29) is 11.4 Å². The van der Waals surface area contributed by atoms with Crippen molar-refractivity contribution < 1.29 is 25.7 Å². The molecular weight excluding hydrogens is 323 g/mol. The SMILES string of the molecule is CS(=O)(=O)c1ccc(F)c(S(=O)(=O)NCc2ccon2)c1. The fourth-order valence-corrected chi connectivity index (χ4v) is 3.32. The van der Waals surface area contributed by atoms with E-state index in [0.717, 1.165) is 24.5 Å². The summed E-state index contributed by atoms with van der Waals surface area (Å²) in [5.74, 6) is -1.05. The van der Waals surface area contributed by atoms with E-state index >= 15 is 0 Å². The highest BCUT2D eigenvalue weighted by molar-refractivity contribution is 7.91. The van der Waals surface area contributed by atoms with E-state index in [0.29, 0.717) is 5.69 Å². The fraction of sp³-hybridized carbons (Fsp3) is 0.182. The van der Waals surface area contributed by atoms with Crippen LogP contribution in [0.25, 0.3) is 0 Å². The van der Waals surface area contributed by atoms with Gasteiger partial charge in [-0.05, 0) is 18.2 Å². The summed E-state index contributed by atoms with van der Waals surface area (Å²) >= 11 is 0. The summed E-state index contributed by atoms with van der Waals surface area (Å²) in [7, 11) is -7.87. The first-order valence-electron chi connectivity index (χ1n) is 5.59. The van der Waals surface area contributed by atoms with Crippen molar-refractivity contribution in [3.05, 3.63) is 42.0 Å². The van der Waals surface area contributed by atoms with Crippen molar-refractivity contribution in [1.29, 1.82) is 0 Å². The molecule has 0 aliphatic rings. The van der Waals surface area contributed by atoms with E-state index in [1.165, 1.54) is 12.3 Å². The average Bonchev–Trinajstić information content (AvgIpc) is 2.88. The summed E-state index contributed by atoms with van der Waals surface area (Å²) < 4.78 is 67.2. The molecule has 1 N–H and O–H groups in total. The number of hydrogen-bond acceptors (Lipinski definition) is 6.